The maximum atomic E-state index is 5.92. The molecule has 0 atom stereocenters. The zero-order chi connectivity index (χ0) is 13.1. The minimum atomic E-state index is 0.816. The summed E-state index contributed by atoms with van der Waals surface area (Å²) in [6, 6.07) is 21.9. The van der Waals surface area contributed by atoms with Crippen LogP contribution in [0.3, 0.4) is 0 Å². The molecule has 0 spiro atoms. The lowest BCUT2D eigenvalue weighted by Gasteiger charge is -2.05. The molecule has 1 heterocycles. The summed E-state index contributed by atoms with van der Waals surface area (Å²) in [6.07, 6.45) is 0. The minimum Gasteiger partial charge on any atom is -0.496 e. The predicted octanol–water partition coefficient (Wildman–Crippen LogP) is 4.62. The maximum Gasteiger partial charge on any atom is 0.138 e. The third-order valence-electron chi connectivity index (χ3n) is 3.04. The Morgan fingerprint density at radius 1 is 0.737 bits per heavy atom. The van der Waals surface area contributed by atoms with Gasteiger partial charge in [-0.3, -0.25) is 0 Å². The second-order valence-electron chi connectivity index (χ2n) is 4.23. The predicted molar refractivity (Wildman–Crippen MR) is 76.1 cm³/mol. The number of hydrogen-bond donors (Lipinski definition) is 0. The van der Waals surface area contributed by atoms with Crippen LogP contribution < -0.4 is 4.74 Å². The van der Waals surface area contributed by atoms with E-state index in [0.29, 0.717) is 0 Å². The Morgan fingerprint density at radius 2 is 1.42 bits per heavy atom. The van der Waals surface area contributed by atoms with Crippen LogP contribution in [0, 0.1) is 0 Å². The van der Waals surface area contributed by atoms with Crippen molar-refractivity contribution in [1.82, 2.24) is 0 Å². The molecule has 3 rings (SSSR count). The van der Waals surface area contributed by atoms with E-state index in [1.807, 2.05) is 66.7 Å². The first-order chi connectivity index (χ1) is 9.38. The van der Waals surface area contributed by atoms with Crippen molar-refractivity contribution < 1.29 is 9.15 Å². The normalized spacial score (nSPS) is 10.4. The topological polar surface area (TPSA) is 22.4 Å². The van der Waals surface area contributed by atoms with E-state index in [1.54, 1.807) is 7.11 Å². The van der Waals surface area contributed by atoms with Crippen molar-refractivity contribution in [2.75, 3.05) is 7.11 Å². The molecule has 2 nitrogen and oxygen atoms in total. The molecule has 0 bridgehead atoms. The standard InChI is InChI=1S/C17H14O2/c1-18-16-10-6-5-9-14(16)17-12-11-15(19-17)13-7-3-2-4-8-13/h2-12H,1H3. The van der Waals surface area contributed by atoms with Crippen molar-refractivity contribution in [3.8, 4) is 28.4 Å². The molecule has 0 amide bonds. The van der Waals surface area contributed by atoms with Gasteiger partial charge in [-0.05, 0) is 24.3 Å². The lowest BCUT2D eigenvalue weighted by molar-refractivity contribution is 0.415. The summed E-state index contributed by atoms with van der Waals surface area (Å²) in [5.41, 5.74) is 2.04. The van der Waals surface area contributed by atoms with E-state index in [4.69, 9.17) is 9.15 Å². The summed E-state index contributed by atoms with van der Waals surface area (Å²) in [6.45, 7) is 0. The molecule has 0 radical (unpaired) electrons. The fourth-order valence-electron chi connectivity index (χ4n) is 2.09. The molecule has 1 aromatic heterocycles. The van der Waals surface area contributed by atoms with Crippen LogP contribution in [0.2, 0.25) is 0 Å². The van der Waals surface area contributed by atoms with Crippen LogP contribution in [-0.4, -0.2) is 7.11 Å². The highest BCUT2D eigenvalue weighted by Gasteiger charge is 2.10. The average Bonchev–Trinajstić information content (AvgIpc) is 2.98. The van der Waals surface area contributed by atoms with Gasteiger partial charge in [-0.2, -0.15) is 0 Å². The Labute approximate surface area is 112 Å². The van der Waals surface area contributed by atoms with Crippen molar-refractivity contribution in [1.29, 1.82) is 0 Å². The van der Waals surface area contributed by atoms with Gasteiger partial charge in [-0.15, -0.1) is 0 Å². The van der Waals surface area contributed by atoms with Gasteiger partial charge in [0.05, 0.1) is 12.7 Å². The number of para-hydroxylation sites is 1. The third kappa shape index (κ3) is 2.25. The van der Waals surface area contributed by atoms with Crippen LogP contribution in [0.15, 0.2) is 71.1 Å². The first-order valence-corrected chi connectivity index (χ1v) is 6.17. The Bertz CT molecular complexity index is 668. The lowest BCUT2D eigenvalue weighted by atomic mass is 10.1. The molecule has 0 saturated carbocycles. The van der Waals surface area contributed by atoms with Gasteiger partial charge in [-0.1, -0.05) is 42.5 Å². The lowest BCUT2D eigenvalue weighted by Crippen LogP contribution is -1.85. The third-order valence-corrected chi connectivity index (χ3v) is 3.04. The summed E-state index contributed by atoms with van der Waals surface area (Å²) in [5.74, 6) is 2.49. The first kappa shape index (κ1) is 11.6. The van der Waals surface area contributed by atoms with Crippen molar-refractivity contribution in [3.63, 3.8) is 0 Å². The highest BCUT2D eigenvalue weighted by atomic mass is 16.5. The maximum absolute atomic E-state index is 5.92. The zero-order valence-electron chi connectivity index (χ0n) is 10.7. The van der Waals surface area contributed by atoms with E-state index < -0.39 is 0 Å². The highest BCUT2D eigenvalue weighted by Crippen LogP contribution is 2.33. The van der Waals surface area contributed by atoms with Crippen molar-refractivity contribution >= 4 is 0 Å². The molecule has 19 heavy (non-hydrogen) atoms. The summed E-state index contributed by atoms with van der Waals surface area (Å²) < 4.78 is 11.3. The molecule has 0 aliphatic rings. The summed E-state index contributed by atoms with van der Waals surface area (Å²) in [5, 5.41) is 0. The van der Waals surface area contributed by atoms with Crippen LogP contribution in [0.25, 0.3) is 22.6 Å². The summed E-state index contributed by atoms with van der Waals surface area (Å²) in [4.78, 5) is 0. The number of benzene rings is 2. The molecule has 0 unspecified atom stereocenters. The van der Waals surface area contributed by atoms with Crippen LogP contribution in [-0.2, 0) is 0 Å². The van der Waals surface area contributed by atoms with Gasteiger partial charge >= 0.3 is 0 Å². The Hall–Kier alpha value is -2.48. The number of furan rings is 1. The second kappa shape index (κ2) is 5.02. The molecular weight excluding hydrogens is 236 g/mol. The van der Waals surface area contributed by atoms with Crippen LogP contribution in [0.5, 0.6) is 5.75 Å². The van der Waals surface area contributed by atoms with Crippen molar-refractivity contribution in [3.05, 3.63) is 66.7 Å². The fraction of sp³-hybridized carbons (Fsp3) is 0.0588. The Morgan fingerprint density at radius 3 is 2.21 bits per heavy atom. The first-order valence-electron chi connectivity index (χ1n) is 6.17. The second-order valence-corrected chi connectivity index (χ2v) is 4.23. The summed E-state index contributed by atoms with van der Waals surface area (Å²) >= 11 is 0. The van der Waals surface area contributed by atoms with E-state index in [-0.39, 0.29) is 0 Å². The number of ether oxygens (including phenoxy) is 1. The number of hydrogen-bond acceptors (Lipinski definition) is 2. The Kier molecular flexibility index (Phi) is 3.07. The van der Waals surface area contributed by atoms with Gasteiger partial charge in [0.15, 0.2) is 0 Å². The molecule has 3 aromatic rings. The smallest absolute Gasteiger partial charge is 0.138 e. The average molecular weight is 250 g/mol. The van der Waals surface area contributed by atoms with E-state index in [1.165, 1.54) is 0 Å². The zero-order valence-corrected chi connectivity index (χ0v) is 10.7. The van der Waals surface area contributed by atoms with Crippen LogP contribution in [0.4, 0.5) is 0 Å². The molecule has 2 aromatic carbocycles. The van der Waals surface area contributed by atoms with Crippen molar-refractivity contribution in [2.24, 2.45) is 0 Å². The molecule has 94 valence electrons. The van der Waals surface area contributed by atoms with Gasteiger partial charge in [0.2, 0.25) is 0 Å². The molecule has 0 saturated heterocycles. The van der Waals surface area contributed by atoms with Crippen LogP contribution in [0.1, 0.15) is 0 Å². The van der Waals surface area contributed by atoms with Crippen LogP contribution >= 0.6 is 0 Å². The molecule has 0 aliphatic heterocycles. The number of rotatable bonds is 3. The number of methoxy groups -OCH3 is 1. The van der Waals surface area contributed by atoms with Gasteiger partial charge in [0.25, 0.3) is 0 Å². The van der Waals surface area contributed by atoms with E-state index in [2.05, 4.69) is 0 Å². The van der Waals surface area contributed by atoms with E-state index in [0.717, 1.165) is 28.4 Å². The SMILES string of the molecule is COc1ccccc1-c1ccc(-c2ccccc2)o1. The van der Waals surface area contributed by atoms with Crippen molar-refractivity contribution in [2.45, 2.75) is 0 Å². The van der Waals surface area contributed by atoms with E-state index in [9.17, 15) is 0 Å². The fourth-order valence-corrected chi connectivity index (χ4v) is 2.09. The molecule has 2 heteroatoms. The van der Waals surface area contributed by atoms with Gasteiger partial charge < -0.3 is 9.15 Å². The van der Waals surface area contributed by atoms with Gasteiger partial charge in [0, 0.05) is 5.56 Å². The quantitative estimate of drug-likeness (QED) is 0.676. The van der Waals surface area contributed by atoms with Gasteiger partial charge in [0.1, 0.15) is 17.3 Å². The minimum absolute atomic E-state index is 0.816. The summed E-state index contributed by atoms with van der Waals surface area (Å²) in [7, 11) is 1.67. The highest BCUT2D eigenvalue weighted by molar-refractivity contribution is 5.69. The molecule has 0 N–H and O–H groups in total. The molecule has 0 aliphatic carbocycles. The van der Waals surface area contributed by atoms with Gasteiger partial charge in [-0.25, -0.2) is 0 Å². The van der Waals surface area contributed by atoms with E-state index >= 15 is 0 Å². The molecule has 0 fully saturated rings. The molecular formula is C17H14O2. The monoisotopic (exact) mass is 250 g/mol. The Balaban J connectivity index is 2.02. The largest absolute Gasteiger partial charge is 0.496 e.